The Bertz CT molecular complexity index is 370. The lowest BCUT2D eigenvalue weighted by molar-refractivity contribution is -0.187. The molecule has 110 valence electrons. The summed E-state index contributed by atoms with van der Waals surface area (Å²) in [6, 6.07) is -0.569. The van der Waals surface area contributed by atoms with Crippen LogP contribution in [0.15, 0.2) is 4.99 Å². The molecule has 0 aliphatic carbocycles. The first-order valence-electron chi connectivity index (χ1n) is 5.66. The van der Waals surface area contributed by atoms with Gasteiger partial charge in [0.1, 0.15) is 23.7 Å². The number of carbonyl (C=O) groups is 1. The van der Waals surface area contributed by atoms with E-state index in [1.165, 1.54) is 18.9 Å². The van der Waals surface area contributed by atoms with Gasteiger partial charge in [-0.2, -0.15) is 0 Å². The summed E-state index contributed by atoms with van der Waals surface area (Å²) in [5.41, 5.74) is -0.485. The van der Waals surface area contributed by atoms with E-state index in [4.69, 9.17) is 4.74 Å². The summed E-state index contributed by atoms with van der Waals surface area (Å²) in [6.07, 6.45) is -3.64. The lowest BCUT2D eigenvalue weighted by Crippen LogP contribution is -2.57. The molecule has 0 aromatic rings. The van der Waals surface area contributed by atoms with Crippen LogP contribution in [-0.4, -0.2) is 64.8 Å². The van der Waals surface area contributed by atoms with Gasteiger partial charge in [0.25, 0.3) is 0 Å². The molecule has 9 heteroatoms. The van der Waals surface area contributed by atoms with Crippen LogP contribution in [0.4, 0.5) is 0 Å². The first kappa shape index (κ1) is 16.5. The number of amidine groups is 1. The Kier molecular flexibility index (Phi) is 5.87. The summed E-state index contributed by atoms with van der Waals surface area (Å²) in [5, 5.41) is 23.5. The molecular formula is C10H17ClN2O5S. The molecule has 3 N–H and O–H groups in total. The van der Waals surface area contributed by atoms with Crippen LogP contribution in [0.1, 0.15) is 6.92 Å². The van der Waals surface area contributed by atoms with Gasteiger partial charge in [0.2, 0.25) is 0 Å². The highest BCUT2D eigenvalue weighted by atomic mass is 35.5. The minimum atomic E-state index is -1.33. The summed E-state index contributed by atoms with van der Waals surface area (Å²) in [7, 11) is 1.21. The molecular weight excluding hydrogens is 296 g/mol. The molecule has 7 nitrogen and oxygen atoms in total. The Labute approximate surface area is 121 Å². The van der Waals surface area contributed by atoms with E-state index in [1.54, 1.807) is 0 Å². The molecule has 0 saturated carbocycles. The van der Waals surface area contributed by atoms with E-state index in [9.17, 15) is 15.0 Å². The number of halogens is 1. The third-order valence-corrected chi connectivity index (χ3v) is 3.92. The molecule has 2 rings (SSSR count). The lowest BCUT2D eigenvalue weighted by Gasteiger charge is -2.36. The number of aliphatic imine (C=N–C) groups is 1. The minimum absolute atomic E-state index is 0. The summed E-state index contributed by atoms with van der Waals surface area (Å²) < 4.78 is 9.98. The summed E-state index contributed by atoms with van der Waals surface area (Å²) in [5.74, 6) is -0.697. The van der Waals surface area contributed by atoms with Gasteiger partial charge >= 0.3 is 5.97 Å². The van der Waals surface area contributed by atoms with Crippen LogP contribution in [0.5, 0.6) is 0 Å². The van der Waals surface area contributed by atoms with E-state index < -0.39 is 35.8 Å². The van der Waals surface area contributed by atoms with Crippen molar-refractivity contribution in [3.8, 4) is 0 Å². The van der Waals surface area contributed by atoms with Crippen molar-refractivity contribution in [1.82, 2.24) is 5.32 Å². The number of nitrogens with one attached hydrogen (secondary N) is 1. The van der Waals surface area contributed by atoms with E-state index in [1.807, 2.05) is 6.92 Å². The normalized spacial score (nSPS) is 36.8. The second kappa shape index (κ2) is 6.76. The number of fused-ring (bicyclic) bond motifs is 1. The van der Waals surface area contributed by atoms with Crippen molar-refractivity contribution in [2.45, 2.75) is 36.7 Å². The second-order valence-corrected chi connectivity index (χ2v) is 5.09. The molecule has 2 aliphatic heterocycles. The van der Waals surface area contributed by atoms with E-state index in [-0.39, 0.29) is 12.4 Å². The van der Waals surface area contributed by atoms with E-state index >= 15 is 0 Å². The molecule has 0 spiro atoms. The average Bonchev–Trinajstić information content (AvgIpc) is 2.76. The molecule has 0 aromatic heterocycles. The maximum atomic E-state index is 11.4. The van der Waals surface area contributed by atoms with Gasteiger partial charge in [-0.1, -0.05) is 11.8 Å². The smallest absolute Gasteiger partial charge is 0.337 e. The van der Waals surface area contributed by atoms with Crippen LogP contribution >= 0.6 is 24.2 Å². The Morgan fingerprint density at radius 1 is 1.53 bits per heavy atom. The van der Waals surface area contributed by atoms with Crippen molar-refractivity contribution >= 4 is 35.3 Å². The van der Waals surface area contributed by atoms with Gasteiger partial charge in [-0.25, -0.2) is 4.79 Å². The number of carbonyl (C=O) groups excluding carboxylic acids is 1. The molecule has 0 radical (unpaired) electrons. The Morgan fingerprint density at radius 3 is 2.79 bits per heavy atom. The standard InChI is InChI=1S/C10H16N2O5S.ClH/c1-3-11-10-12-4-5(13)6(14)7(8(15)16-2)17-9(4)18-10;/h4-7,9,13-14H,3H2,1-2H3,(H,11,12);1H/t4-,5+,6-,7-,9-;/m0./s1. The van der Waals surface area contributed by atoms with Crippen molar-refractivity contribution in [1.29, 1.82) is 0 Å². The Hall–Kier alpha value is -0.540. The van der Waals surface area contributed by atoms with Crippen molar-refractivity contribution in [2.75, 3.05) is 13.7 Å². The summed E-state index contributed by atoms with van der Waals surface area (Å²) in [4.78, 5) is 15.7. The predicted octanol–water partition coefficient (Wildman–Crippen LogP) is -0.891. The molecule has 2 aliphatic rings. The topological polar surface area (TPSA) is 100 Å². The van der Waals surface area contributed by atoms with E-state index in [0.29, 0.717) is 11.7 Å². The first-order valence-corrected chi connectivity index (χ1v) is 6.54. The van der Waals surface area contributed by atoms with E-state index in [2.05, 4.69) is 15.0 Å². The fraction of sp³-hybridized carbons (Fsp3) is 0.800. The zero-order valence-electron chi connectivity index (χ0n) is 10.5. The first-order chi connectivity index (χ1) is 8.58. The Morgan fingerprint density at radius 2 is 2.21 bits per heavy atom. The molecule has 2 heterocycles. The summed E-state index contributed by atoms with van der Waals surface area (Å²) >= 11 is 1.29. The van der Waals surface area contributed by atoms with Gasteiger partial charge in [-0.05, 0) is 6.92 Å². The fourth-order valence-corrected chi connectivity index (χ4v) is 3.07. The number of methoxy groups -OCH3 is 1. The van der Waals surface area contributed by atoms with Crippen molar-refractivity contribution in [3.63, 3.8) is 0 Å². The third kappa shape index (κ3) is 3.14. The van der Waals surface area contributed by atoms with E-state index in [0.717, 1.165) is 0 Å². The Balaban J connectivity index is 0.00000180. The molecule has 1 fully saturated rings. The fourth-order valence-electron chi connectivity index (χ4n) is 1.91. The van der Waals surface area contributed by atoms with Gasteiger partial charge in [-0.3, -0.25) is 4.99 Å². The number of thioether (sulfide) groups is 1. The third-order valence-electron chi connectivity index (χ3n) is 2.83. The zero-order chi connectivity index (χ0) is 13.3. The number of nitrogens with zero attached hydrogens (tertiary/aromatic N) is 1. The predicted molar refractivity (Wildman–Crippen MR) is 72.4 cm³/mol. The molecule has 5 atom stereocenters. The van der Waals surface area contributed by atoms with Crippen molar-refractivity contribution < 1.29 is 24.5 Å². The van der Waals surface area contributed by atoms with Gasteiger partial charge in [0.05, 0.1) is 7.11 Å². The molecule has 0 aromatic carbocycles. The monoisotopic (exact) mass is 312 g/mol. The summed E-state index contributed by atoms with van der Waals surface area (Å²) in [6.45, 7) is 2.62. The minimum Gasteiger partial charge on any atom is -0.467 e. The largest absolute Gasteiger partial charge is 0.467 e. The molecule has 0 amide bonds. The highest BCUT2D eigenvalue weighted by molar-refractivity contribution is 8.14. The van der Waals surface area contributed by atoms with Crippen LogP contribution in [0.2, 0.25) is 0 Å². The van der Waals surface area contributed by atoms with Crippen molar-refractivity contribution in [2.24, 2.45) is 4.99 Å². The number of rotatable bonds is 2. The van der Waals surface area contributed by atoms with Gasteiger partial charge in [-0.15, -0.1) is 12.4 Å². The zero-order valence-corrected chi connectivity index (χ0v) is 12.1. The SMILES string of the molecule is CCNC1=N[C@H]2[C@@H](O)[C@H](O)[C@@H](C(=O)OC)O[C@H]2S1.Cl. The second-order valence-electron chi connectivity index (χ2n) is 4.00. The lowest BCUT2D eigenvalue weighted by atomic mass is 9.98. The maximum Gasteiger partial charge on any atom is 0.337 e. The molecule has 19 heavy (non-hydrogen) atoms. The quantitative estimate of drug-likeness (QED) is 0.569. The number of aliphatic hydroxyl groups excluding tert-OH is 2. The van der Waals surface area contributed by atoms with Crippen LogP contribution in [-0.2, 0) is 14.3 Å². The number of aliphatic hydroxyl groups is 2. The molecule has 0 bridgehead atoms. The van der Waals surface area contributed by atoms with Gasteiger partial charge < -0.3 is 25.0 Å². The van der Waals surface area contributed by atoms with Gasteiger partial charge in [0.15, 0.2) is 11.3 Å². The van der Waals surface area contributed by atoms with Crippen molar-refractivity contribution in [3.05, 3.63) is 0 Å². The average molecular weight is 313 g/mol. The number of hydrogen-bond acceptors (Lipinski definition) is 8. The van der Waals surface area contributed by atoms with Crippen LogP contribution in [0.25, 0.3) is 0 Å². The number of hydrogen-bond donors (Lipinski definition) is 3. The highest BCUT2D eigenvalue weighted by Gasteiger charge is 2.50. The number of esters is 1. The van der Waals surface area contributed by atoms with Crippen LogP contribution < -0.4 is 5.32 Å². The highest BCUT2D eigenvalue weighted by Crippen LogP contribution is 2.36. The maximum absolute atomic E-state index is 11.4. The van der Waals surface area contributed by atoms with Crippen LogP contribution in [0, 0.1) is 0 Å². The number of ether oxygens (including phenoxy) is 2. The van der Waals surface area contributed by atoms with Crippen LogP contribution in [0.3, 0.4) is 0 Å². The van der Waals surface area contributed by atoms with Gasteiger partial charge in [0, 0.05) is 6.54 Å². The molecule has 1 saturated heterocycles. The molecule has 0 unspecified atom stereocenters.